The van der Waals surface area contributed by atoms with E-state index in [1.165, 1.54) is 105 Å². The molecule has 2 aliphatic carbocycles. The van der Waals surface area contributed by atoms with Crippen molar-refractivity contribution in [3.63, 3.8) is 0 Å². The van der Waals surface area contributed by atoms with Crippen molar-refractivity contribution in [2.45, 2.75) is 115 Å². The van der Waals surface area contributed by atoms with Gasteiger partial charge in [-0.2, -0.15) is 5.10 Å². The highest BCUT2D eigenvalue weighted by Gasteiger charge is 2.37. The minimum absolute atomic E-state index is 0.0408. The number of allylic oxidation sites excluding steroid dienone is 2. The summed E-state index contributed by atoms with van der Waals surface area (Å²) >= 11 is 6.50. The van der Waals surface area contributed by atoms with Crippen molar-refractivity contribution in [3.05, 3.63) is 173 Å². The minimum Gasteiger partial charge on any atom is -0.399 e. The SMILES string of the molecule is C=C(N)c1ccc(CC)c(F)c1-c1c(Cl)c(F)cc2c1[C@H](C)C(c1ccccc1)C2.C=CCCN(C(=C)NC)c1nn(C)c2c(C3CCN(C(=C)CC4CCN(C(=C)C5CCCCC5)CC4)CC3)cccc12.CN. The molecule has 1 saturated carbocycles. The Morgan fingerprint density at radius 1 is 0.878 bits per heavy atom. The predicted molar refractivity (Wildman–Crippen MR) is 309 cm³/mol. The fourth-order valence-corrected chi connectivity index (χ4v) is 12.7. The van der Waals surface area contributed by atoms with E-state index in [9.17, 15) is 4.39 Å². The second kappa shape index (κ2) is 25.6. The lowest BCUT2D eigenvalue weighted by Gasteiger charge is -2.40. The Labute approximate surface area is 446 Å². The van der Waals surface area contributed by atoms with Gasteiger partial charge < -0.3 is 31.5 Å². The number of nitrogens with two attached hydrogens (primary N) is 2. The predicted octanol–water partition coefficient (Wildman–Crippen LogP) is 14.3. The molecule has 1 aromatic heterocycles. The van der Waals surface area contributed by atoms with Crippen molar-refractivity contribution in [3.8, 4) is 11.1 Å². The summed E-state index contributed by atoms with van der Waals surface area (Å²) in [7, 11) is 5.50. The van der Waals surface area contributed by atoms with Gasteiger partial charge in [0.1, 0.15) is 11.6 Å². The highest BCUT2D eigenvalue weighted by atomic mass is 35.5. The molecule has 0 radical (unpaired) electrons. The number of rotatable bonds is 16. The number of fused-ring (bicyclic) bond motifs is 2. The molecular formula is C63H83ClF2N8. The first kappa shape index (κ1) is 55.9. The van der Waals surface area contributed by atoms with Gasteiger partial charge in [-0.1, -0.05) is 132 Å². The first-order valence-electron chi connectivity index (χ1n) is 27.2. The van der Waals surface area contributed by atoms with Crippen LogP contribution in [0.1, 0.15) is 136 Å². The first-order valence-corrected chi connectivity index (χ1v) is 27.6. The van der Waals surface area contributed by atoms with E-state index in [2.05, 4.69) is 108 Å². The Hall–Kier alpha value is -5.84. The highest BCUT2D eigenvalue weighted by molar-refractivity contribution is 6.34. The van der Waals surface area contributed by atoms with Crippen LogP contribution in [0.5, 0.6) is 0 Å². The molecule has 2 atom stereocenters. The molecule has 0 spiro atoms. The Kier molecular flexibility index (Phi) is 19.3. The summed E-state index contributed by atoms with van der Waals surface area (Å²) in [6.07, 6.45) is 16.9. The third-order valence-electron chi connectivity index (χ3n) is 16.6. The van der Waals surface area contributed by atoms with Gasteiger partial charge in [-0.05, 0) is 141 Å². The Morgan fingerprint density at radius 2 is 1.55 bits per heavy atom. The Bertz CT molecular complexity index is 2780. The maximum atomic E-state index is 15.6. The number of anilines is 1. The van der Waals surface area contributed by atoms with E-state index in [-0.39, 0.29) is 28.1 Å². The number of nitrogens with one attached hydrogen (secondary N) is 1. The van der Waals surface area contributed by atoms with Gasteiger partial charge in [-0.25, -0.2) is 8.78 Å². The van der Waals surface area contributed by atoms with E-state index in [4.69, 9.17) is 22.4 Å². The zero-order chi connectivity index (χ0) is 53.2. The molecule has 3 fully saturated rings. The average Bonchev–Trinajstić information content (AvgIpc) is 3.94. The summed E-state index contributed by atoms with van der Waals surface area (Å²) < 4.78 is 32.6. The smallest absolute Gasteiger partial charge is 0.164 e. The summed E-state index contributed by atoms with van der Waals surface area (Å²) in [5.41, 5.74) is 20.8. The second-order valence-corrected chi connectivity index (χ2v) is 21.3. The van der Waals surface area contributed by atoms with E-state index in [1.54, 1.807) is 12.1 Å². The number of aromatic nitrogens is 2. The van der Waals surface area contributed by atoms with Crippen LogP contribution in [0.2, 0.25) is 5.02 Å². The monoisotopic (exact) mass is 1020 g/mol. The fourth-order valence-electron chi connectivity index (χ4n) is 12.4. The van der Waals surface area contributed by atoms with Gasteiger partial charge in [0, 0.05) is 86.0 Å². The molecule has 396 valence electrons. The number of piperidine rings is 2. The normalized spacial score (nSPS) is 18.2. The third kappa shape index (κ3) is 12.0. The molecule has 3 heterocycles. The van der Waals surface area contributed by atoms with Gasteiger partial charge >= 0.3 is 0 Å². The molecule has 4 aliphatic rings. The van der Waals surface area contributed by atoms with E-state index in [1.807, 2.05) is 38.2 Å². The maximum absolute atomic E-state index is 15.6. The summed E-state index contributed by atoms with van der Waals surface area (Å²) in [4.78, 5) is 7.36. The number of aryl methyl sites for hydroxylation is 2. The molecule has 9 rings (SSSR count). The molecular weight excluding hydrogens is 942 g/mol. The number of hydrogen-bond donors (Lipinski definition) is 3. The zero-order valence-corrected chi connectivity index (χ0v) is 45.9. The minimum atomic E-state index is -0.541. The molecule has 0 bridgehead atoms. The number of para-hydroxylation sites is 1. The standard InChI is InChI=1S/C36H54N6.C26H24ClF2N.CH5N/c1-7-8-21-42(29(4)37-5)36-34-16-12-15-33(35(34)39(6)38-36)32-19-24-40(25-20-32)27(2)26-30-17-22-41(23-18-30)28(3)31-13-10-9-11-14-31;1-4-16-10-11-19(15(3)30)23(26(16)29)24-22-14(2)20(17-8-6-5-7-9-17)12-18(22)13-21(28)25(24)27;1-2/h7,12,15-16,30-32,37H,1-4,8-11,13-14,17-26H2,5-6H3;5-11,13-14,20H,3-4,12,30H2,1-2H3;2H2,1H3/t;14-,20?;/m.1./s1. The van der Waals surface area contributed by atoms with Crippen molar-refractivity contribution < 1.29 is 8.78 Å². The van der Waals surface area contributed by atoms with Gasteiger partial charge in [0.2, 0.25) is 0 Å². The van der Waals surface area contributed by atoms with Gasteiger partial charge in [-0.3, -0.25) is 4.68 Å². The lowest BCUT2D eigenvalue weighted by molar-refractivity contribution is 0.183. The third-order valence-corrected chi connectivity index (χ3v) is 16.9. The molecule has 74 heavy (non-hydrogen) atoms. The first-order chi connectivity index (χ1) is 35.8. The molecule has 0 amide bonds. The van der Waals surface area contributed by atoms with Crippen LogP contribution in [-0.4, -0.2) is 66.4 Å². The lowest BCUT2D eigenvalue weighted by atomic mass is 9.84. The van der Waals surface area contributed by atoms with E-state index >= 15 is 4.39 Å². The lowest BCUT2D eigenvalue weighted by Crippen LogP contribution is -2.37. The van der Waals surface area contributed by atoms with Crippen LogP contribution in [0, 0.1) is 23.5 Å². The van der Waals surface area contributed by atoms with Crippen molar-refractivity contribution in [2.24, 2.45) is 30.4 Å². The van der Waals surface area contributed by atoms with Crippen LogP contribution in [0.15, 0.2) is 123 Å². The quantitative estimate of drug-likeness (QED) is 0.0848. The largest absolute Gasteiger partial charge is 0.399 e. The number of hydrogen-bond acceptors (Lipinski definition) is 7. The van der Waals surface area contributed by atoms with Crippen LogP contribution in [0.4, 0.5) is 14.6 Å². The molecule has 5 aromatic rings. The number of halogens is 3. The summed E-state index contributed by atoms with van der Waals surface area (Å²) in [5.74, 6) is 3.10. The second-order valence-electron chi connectivity index (χ2n) is 20.9. The van der Waals surface area contributed by atoms with Gasteiger partial charge in [0.05, 0.1) is 16.4 Å². The van der Waals surface area contributed by atoms with Gasteiger partial charge in [0.25, 0.3) is 0 Å². The van der Waals surface area contributed by atoms with Crippen molar-refractivity contribution in [2.75, 3.05) is 51.7 Å². The maximum Gasteiger partial charge on any atom is 0.164 e. The molecule has 2 saturated heterocycles. The molecule has 5 N–H and O–H groups in total. The van der Waals surface area contributed by atoms with E-state index in [0.29, 0.717) is 35.4 Å². The Balaban J connectivity index is 0.000000220. The van der Waals surface area contributed by atoms with Crippen LogP contribution >= 0.6 is 11.6 Å². The van der Waals surface area contributed by atoms with Gasteiger partial charge in [-0.15, -0.1) is 6.58 Å². The summed E-state index contributed by atoms with van der Waals surface area (Å²) in [6.45, 7) is 30.4. The summed E-state index contributed by atoms with van der Waals surface area (Å²) in [5, 5.41) is 9.34. The molecule has 11 heteroatoms. The molecule has 8 nitrogen and oxygen atoms in total. The number of nitrogens with zero attached hydrogens (tertiary/aromatic N) is 5. The van der Waals surface area contributed by atoms with Crippen molar-refractivity contribution in [1.29, 1.82) is 0 Å². The number of likely N-dealkylation sites (tertiary alicyclic amines) is 2. The molecule has 1 unspecified atom stereocenters. The molecule has 2 aliphatic heterocycles. The molecule has 4 aromatic carbocycles. The fraction of sp³-hybridized carbons (Fsp3) is 0.444. The van der Waals surface area contributed by atoms with Gasteiger partial charge in [0.15, 0.2) is 5.82 Å². The Morgan fingerprint density at radius 3 is 2.19 bits per heavy atom. The average molecular weight is 1030 g/mol. The van der Waals surface area contributed by atoms with Crippen LogP contribution in [0.25, 0.3) is 27.7 Å². The van der Waals surface area contributed by atoms with Crippen molar-refractivity contribution in [1.82, 2.24) is 24.9 Å². The van der Waals surface area contributed by atoms with E-state index in [0.717, 1.165) is 79.9 Å². The topological polar surface area (TPSA) is 91.6 Å². The van der Waals surface area contributed by atoms with Crippen LogP contribution in [-0.2, 0) is 19.9 Å². The van der Waals surface area contributed by atoms with Crippen molar-refractivity contribution >= 4 is 34.0 Å². The van der Waals surface area contributed by atoms with E-state index < -0.39 is 11.6 Å². The zero-order valence-electron chi connectivity index (χ0n) is 45.1. The highest BCUT2D eigenvalue weighted by Crippen LogP contribution is 2.52. The number of benzene rings is 4. The van der Waals surface area contributed by atoms with Crippen LogP contribution < -0.4 is 21.7 Å². The van der Waals surface area contributed by atoms with Crippen LogP contribution in [0.3, 0.4) is 0 Å². The summed E-state index contributed by atoms with van der Waals surface area (Å²) in [6, 6.07) is 21.8.